The Hall–Kier alpha value is -0.820. The fourth-order valence-electron chi connectivity index (χ4n) is 5.07. The Bertz CT molecular complexity index is 527. The third-order valence-corrected chi connectivity index (χ3v) is 6.41. The zero-order valence-electron chi connectivity index (χ0n) is 17.8. The van der Waals surface area contributed by atoms with Gasteiger partial charge in [0, 0.05) is 11.6 Å². The van der Waals surface area contributed by atoms with Crippen molar-refractivity contribution in [3.05, 3.63) is 35.4 Å². The van der Waals surface area contributed by atoms with Gasteiger partial charge in [0.25, 0.3) is 0 Å². The Morgan fingerprint density at radius 1 is 1.08 bits per heavy atom. The minimum absolute atomic E-state index is 0.259. The van der Waals surface area contributed by atoms with Crippen LogP contribution in [0.3, 0.4) is 0 Å². The highest BCUT2D eigenvalue weighted by atomic mass is 15.2. The first kappa shape index (κ1) is 20.5. The van der Waals surface area contributed by atoms with E-state index in [1.54, 1.807) is 11.1 Å². The van der Waals surface area contributed by atoms with E-state index in [2.05, 4.69) is 77.6 Å². The zero-order valence-corrected chi connectivity index (χ0v) is 17.8. The first-order valence-electron chi connectivity index (χ1n) is 10.6. The molecule has 0 radical (unpaired) electrons. The van der Waals surface area contributed by atoms with Crippen molar-refractivity contribution in [3.8, 4) is 0 Å². The van der Waals surface area contributed by atoms with Crippen LogP contribution in [0, 0.1) is 5.92 Å². The van der Waals surface area contributed by atoms with Gasteiger partial charge in [-0.05, 0) is 88.8 Å². The summed E-state index contributed by atoms with van der Waals surface area (Å²) in [5.41, 5.74) is 3.53. The van der Waals surface area contributed by atoms with Gasteiger partial charge in [-0.15, -0.1) is 0 Å². The molecule has 1 saturated carbocycles. The molecule has 4 unspecified atom stereocenters. The van der Waals surface area contributed by atoms with Crippen LogP contribution >= 0.6 is 0 Å². The second-order valence-electron chi connectivity index (χ2n) is 9.53. The molecule has 4 atom stereocenters. The summed E-state index contributed by atoms with van der Waals surface area (Å²) in [7, 11) is 0. The molecule has 1 heteroatoms. The van der Waals surface area contributed by atoms with Crippen LogP contribution in [0.1, 0.15) is 104 Å². The third kappa shape index (κ3) is 5.33. The average molecular weight is 344 g/mol. The minimum Gasteiger partial charge on any atom is -0.296 e. The Balaban J connectivity index is 2.03. The van der Waals surface area contributed by atoms with Crippen molar-refractivity contribution >= 4 is 0 Å². The Labute approximate surface area is 157 Å². The summed E-state index contributed by atoms with van der Waals surface area (Å²) in [4.78, 5) is 2.64. The topological polar surface area (TPSA) is 3.24 Å². The monoisotopic (exact) mass is 343 g/mol. The van der Waals surface area contributed by atoms with E-state index in [0.717, 1.165) is 18.4 Å². The lowest BCUT2D eigenvalue weighted by Crippen LogP contribution is -2.46. The average Bonchev–Trinajstić information content (AvgIpc) is 2.98. The lowest BCUT2D eigenvalue weighted by molar-refractivity contribution is 0.0905. The summed E-state index contributed by atoms with van der Waals surface area (Å²) in [5, 5.41) is 0. The van der Waals surface area contributed by atoms with Gasteiger partial charge < -0.3 is 0 Å². The van der Waals surface area contributed by atoms with Gasteiger partial charge in [-0.1, -0.05) is 51.5 Å². The van der Waals surface area contributed by atoms with Crippen LogP contribution in [-0.2, 0) is 0 Å². The van der Waals surface area contributed by atoms with Gasteiger partial charge in [-0.3, -0.25) is 4.90 Å². The van der Waals surface area contributed by atoms with Gasteiger partial charge in [-0.2, -0.15) is 0 Å². The molecule has 0 spiro atoms. The largest absolute Gasteiger partial charge is 0.296 e. The predicted molar refractivity (Wildman–Crippen MR) is 111 cm³/mol. The van der Waals surface area contributed by atoms with Crippen LogP contribution in [-0.4, -0.2) is 23.0 Å². The third-order valence-electron chi connectivity index (χ3n) is 6.41. The van der Waals surface area contributed by atoms with E-state index in [9.17, 15) is 0 Å². The van der Waals surface area contributed by atoms with Crippen molar-refractivity contribution in [1.29, 1.82) is 0 Å². The molecule has 0 aromatic heterocycles. The second kappa shape index (κ2) is 8.71. The quantitative estimate of drug-likeness (QED) is 0.516. The van der Waals surface area contributed by atoms with Crippen LogP contribution in [0.2, 0.25) is 0 Å². The summed E-state index contributed by atoms with van der Waals surface area (Å²) >= 11 is 0. The standard InChI is InChI=1S/C24H41N/c1-8-25(24(5,6)7)20(4)15-14-19(3)22-11-9-10-12-23(22)21-16-13-18(2)17-21/h9-12,18-21H,8,13-17H2,1-7H3. The first-order chi connectivity index (χ1) is 11.7. The van der Waals surface area contributed by atoms with Crippen molar-refractivity contribution in [3.63, 3.8) is 0 Å². The van der Waals surface area contributed by atoms with Gasteiger partial charge in [-0.25, -0.2) is 0 Å². The number of hydrogen-bond donors (Lipinski definition) is 0. The molecule has 1 nitrogen and oxygen atoms in total. The van der Waals surface area contributed by atoms with E-state index < -0.39 is 0 Å². The van der Waals surface area contributed by atoms with E-state index in [0.29, 0.717) is 12.0 Å². The van der Waals surface area contributed by atoms with Gasteiger partial charge in [0.2, 0.25) is 0 Å². The zero-order chi connectivity index (χ0) is 18.6. The van der Waals surface area contributed by atoms with Crippen LogP contribution in [0.5, 0.6) is 0 Å². The second-order valence-corrected chi connectivity index (χ2v) is 9.53. The van der Waals surface area contributed by atoms with Crippen LogP contribution in [0.15, 0.2) is 24.3 Å². The highest BCUT2D eigenvalue weighted by Gasteiger charge is 2.27. The minimum atomic E-state index is 0.259. The molecule has 0 N–H and O–H groups in total. The highest BCUT2D eigenvalue weighted by molar-refractivity contribution is 5.33. The maximum Gasteiger partial charge on any atom is 0.0127 e. The van der Waals surface area contributed by atoms with E-state index in [-0.39, 0.29) is 5.54 Å². The first-order valence-corrected chi connectivity index (χ1v) is 10.6. The Morgan fingerprint density at radius 2 is 1.76 bits per heavy atom. The van der Waals surface area contributed by atoms with Gasteiger partial charge in [0.05, 0.1) is 0 Å². The van der Waals surface area contributed by atoms with E-state index in [4.69, 9.17) is 0 Å². The van der Waals surface area contributed by atoms with E-state index in [1.165, 1.54) is 32.1 Å². The molecule has 1 aliphatic rings. The number of hydrogen-bond acceptors (Lipinski definition) is 1. The molecule has 1 aromatic carbocycles. The van der Waals surface area contributed by atoms with Gasteiger partial charge >= 0.3 is 0 Å². The van der Waals surface area contributed by atoms with Crippen molar-refractivity contribution in [2.75, 3.05) is 6.54 Å². The molecule has 25 heavy (non-hydrogen) atoms. The van der Waals surface area contributed by atoms with Crippen molar-refractivity contribution < 1.29 is 0 Å². The van der Waals surface area contributed by atoms with Crippen molar-refractivity contribution in [2.45, 2.75) is 104 Å². The molecular formula is C24H41N. The summed E-state index contributed by atoms with van der Waals surface area (Å²) < 4.78 is 0. The van der Waals surface area contributed by atoms with Crippen molar-refractivity contribution in [1.82, 2.24) is 4.90 Å². The fraction of sp³-hybridized carbons (Fsp3) is 0.750. The number of rotatable bonds is 7. The van der Waals surface area contributed by atoms with Gasteiger partial charge in [0.15, 0.2) is 0 Å². The van der Waals surface area contributed by atoms with Crippen LogP contribution in [0.4, 0.5) is 0 Å². The SMILES string of the molecule is CCN(C(C)CCC(C)c1ccccc1C1CCC(C)C1)C(C)(C)C. The smallest absolute Gasteiger partial charge is 0.0127 e. The molecule has 0 bridgehead atoms. The van der Waals surface area contributed by atoms with Crippen molar-refractivity contribution in [2.24, 2.45) is 5.92 Å². The van der Waals surface area contributed by atoms with Crippen LogP contribution < -0.4 is 0 Å². The van der Waals surface area contributed by atoms with E-state index >= 15 is 0 Å². The van der Waals surface area contributed by atoms with Crippen LogP contribution in [0.25, 0.3) is 0 Å². The molecule has 0 heterocycles. The summed E-state index contributed by atoms with van der Waals surface area (Å²) in [6.07, 6.45) is 6.74. The fourth-order valence-corrected chi connectivity index (χ4v) is 5.07. The molecule has 1 fully saturated rings. The van der Waals surface area contributed by atoms with Gasteiger partial charge in [0.1, 0.15) is 0 Å². The Morgan fingerprint density at radius 3 is 2.32 bits per heavy atom. The highest BCUT2D eigenvalue weighted by Crippen LogP contribution is 2.41. The number of nitrogens with zero attached hydrogens (tertiary/aromatic N) is 1. The summed E-state index contributed by atoms with van der Waals surface area (Å²) in [6.45, 7) is 17.7. The lowest BCUT2D eigenvalue weighted by Gasteiger charge is -2.40. The molecular weight excluding hydrogens is 302 g/mol. The molecule has 1 aliphatic carbocycles. The molecule has 0 amide bonds. The predicted octanol–water partition coefficient (Wildman–Crippen LogP) is 6.98. The maximum absolute atomic E-state index is 2.64. The summed E-state index contributed by atoms with van der Waals surface area (Å²) in [5.74, 6) is 2.36. The lowest BCUT2D eigenvalue weighted by atomic mass is 9.84. The molecule has 0 aliphatic heterocycles. The summed E-state index contributed by atoms with van der Waals surface area (Å²) in [6, 6.07) is 9.94. The normalized spacial score (nSPS) is 23.8. The van der Waals surface area contributed by atoms with E-state index in [1.807, 2.05) is 0 Å². The molecule has 2 rings (SSSR count). The number of benzene rings is 1. The molecule has 1 aromatic rings. The molecule has 142 valence electrons. The maximum atomic E-state index is 2.64. The Kier molecular flexibility index (Phi) is 7.14. The molecule has 0 saturated heterocycles.